The summed E-state index contributed by atoms with van der Waals surface area (Å²) in [6.07, 6.45) is 8.39. The predicted molar refractivity (Wildman–Crippen MR) is 131 cm³/mol. The zero-order valence-electron chi connectivity index (χ0n) is 19.3. The van der Waals surface area contributed by atoms with E-state index in [0.29, 0.717) is 23.5 Å². The summed E-state index contributed by atoms with van der Waals surface area (Å²) in [7, 11) is 0. The van der Waals surface area contributed by atoms with Crippen LogP contribution in [0.25, 0.3) is 22.1 Å². The number of aromatic hydroxyl groups is 1. The van der Waals surface area contributed by atoms with Gasteiger partial charge in [0, 0.05) is 12.1 Å². The first-order valence-electron chi connectivity index (χ1n) is 11.8. The van der Waals surface area contributed by atoms with E-state index >= 15 is 0 Å². The van der Waals surface area contributed by atoms with Crippen molar-refractivity contribution < 1.29 is 14.3 Å². The Balaban J connectivity index is 1.59. The number of phenols is 1. The number of rotatable bonds is 13. The quantitative estimate of drug-likeness (QED) is 0.321. The number of benzene rings is 2. The van der Waals surface area contributed by atoms with Crippen molar-refractivity contribution >= 4 is 11.0 Å². The molecule has 0 saturated heterocycles. The Bertz CT molecular complexity index is 1020. The predicted octanol–water partition coefficient (Wildman–Crippen LogP) is 6.23. The Hall–Kier alpha value is -2.79. The lowest BCUT2D eigenvalue weighted by molar-refractivity contribution is 0.243. The van der Waals surface area contributed by atoms with Gasteiger partial charge in [-0.2, -0.15) is 0 Å². The van der Waals surface area contributed by atoms with Crippen molar-refractivity contribution in [2.45, 2.75) is 52.4 Å². The van der Waals surface area contributed by atoms with E-state index in [4.69, 9.17) is 9.15 Å². The summed E-state index contributed by atoms with van der Waals surface area (Å²) in [4.78, 5) is 15.5. The van der Waals surface area contributed by atoms with Crippen LogP contribution in [0, 0.1) is 0 Å². The Labute approximate surface area is 190 Å². The first kappa shape index (κ1) is 23.9. The third-order valence-corrected chi connectivity index (χ3v) is 5.71. The maximum atomic E-state index is 12.9. The van der Waals surface area contributed by atoms with Gasteiger partial charge in [0.1, 0.15) is 28.7 Å². The molecule has 1 N–H and O–H groups in total. The van der Waals surface area contributed by atoms with E-state index in [1.807, 2.05) is 30.3 Å². The summed E-state index contributed by atoms with van der Waals surface area (Å²) in [5.74, 6) is 0.397. The topological polar surface area (TPSA) is 62.9 Å². The van der Waals surface area contributed by atoms with Crippen molar-refractivity contribution in [2.24, 2.45) is 0 Å². The van der Waals surface area contributed by atoms with Gasteiger partial charge in [-0.3, -0.25) is 4.79 Å². The van der Waals surface area contributed by atoms with Gasteiger partial charge in [0.25, 0.3) is 0 Å². The minimum absolute atomic E-state index is 0.116. The molecule has 5 heteroatoms. The molecule has 0 fully saturated rings. The van der Waals surface area contributed by atoms with Crippen LogP contribution >= 0.6 is 0 Å². The molecule has 0 unspecified atom stereocenters. The van der Waals surface area contributed by atoms with Crippen molar-refractivity contribution in [1.29, 1.82) is 0 Å². The van der Waals surface area contributed by atoms with Crippen molar-refractivity contribution in [1.82, 2.24) is 4.90 Å². The van der Waals surface area contributed by atoms with Gasteiger partial charge in [0.05, 0.1) is 12.2 Å². The highest BCUT2D eigenvalue weighted by molar-refractivity contribution is 5.88. The van der Waals surface area contributed by atoms with E-state index in [0.717, 1.165) is 24.9 Å². The van der Waals surface area contributed by atoms with E-state index in [1.165, 1.54) is 51.1 Å². The number of ether oxygens (including phenoxy) is 1. The summed E-state index contributed by atoms with van der Waals surface area (Å²) in [6.45, 7) is 8.45. The first-order chi connectivity index (χ1) is 15.6. The molecule has 3 aromatic rings. The second kappa shape index (κ2) is 12.3. The average Bonchev–Trinajstić information content (AvgIpc) is 2.80. The van der Waals surface area contributed by atoms with Crippen LogP contribution in [0.3, 0.4) is 0 Å². The molecule has 0 amide bonds. The highest BCUT2D eigenvalue weighted by Crippen LogP contribution is 2.30. The van der Waals surface area contributed by atoms with Gasteiger partial charge in [-0.15, -0.1) is 0 Å². The number of hydrogen-bond acceptors (Lipinski definition) is 5. The molecule has 2 aromatic carbocycles. The molecule has 0 saturated carbocycles. The lowest BCUT2D eigenvalue weighted by atomic mass is 10.1. The van der Waals surface area contributed by atoms with Crippen LogP contribution in [-0.2, 0) is 0 Å². The number of hydrogen-bond donors (Lipinski definition) is 1. The number of nitrogens with zero attached hydrogens (tertiary/aromatic N) is 1. The van der Waals surface area contributed by atoms with Gasteiger partial charge < -0.3 is 19.2 Å². The minimum Gasteiger partial charge on any atom is -0.507 e. The van der Waals surface area contributed by atoms with Crippen molar-refractivity contribution in [3.05, 3.63) is 59.0 Å². The van der Waals surface area contributed by atoms with Crippen LogP contribution < -0.4 is 10.2 Å². The average molecular weight is 438 g/mol. The first-order valence-corrected chi connectivity index (χ1v) is 11.8. The summed E-state index contributed by atoms with van der Waals surface area (Å²) < 4.78 is 11.5. The van der Waals surface area contributed by atoms with Crippen LogP contribution in [0.1, 0.15) is 52.4 Å². The molecule has 0 aliphatic carbocycles. The molecule has 1 aromatic heterocycles. The molecule has 0 atom stereocenters. The van der Waals surface area contributed by atoms with Gasteiger partial charge in [-0.1, -0.05) is 57.0 Å². The minimum atomic E-state index is -0.249. The summed E-state index contributed by atoms with van der Waals surface area (Å²) in [5.41, 5.74) is 1.27. The van der Waals surface area contributed by atoms with E-state index in [9.17, 15) is 9.90 Å². The van der Waals surface area contributed by atoms with E-state index in [2.05, 4.69) is 18.7 Å². The van der Waals surface area contributed by atoms with Gasteiger partial charge in [0.15, 0.2) is 0 Å². The fraction of sp³-hybridized carbons (Fsp3) is 0.444. The molecule has 0 aliphatic rings. The summed E-state index contributed by atoms with van der Waals surface area (Å²) in [6, 6.07) is 12.5. The zero-order valence-corrected chi connectivity index (χ0v) is 19.3. The molecular weight excluding hydrogens is 402 g/mol. The lowest BCUT2D eigenvalue weighted by Crippen LogP contribution is -2.27. The highest BCUT2D eigenvalue weighted by atomic mass is 16.5. The molecule has 1 heterocycles. The molecule has 0 radical (unpaired) electrons. The largest absolute Gasteiger partial charge is 0.507 e. The van der Waals surface area contributed by atoms with Gasteiger partial charge >= 0.3 is 0 Å². The molecular formula is C27H35NO4. The maximum absolute atomic E-state index is 12.9. The Morgan fingerprint density at radius 2 is 1.62 bits per heavy atom. The standard InChI is InChI=1S/C27H35NO4/c1-3-5-14-28(15-6-4-2)16-10-11-17-31-22-18-24(29)26-25(19-22)32-20-23(27(26)30)21-12-8-7-9-13-21/h7-9,12-13,18-20,29H,3-6,10-11,14-17H2,1-2H3. The van der Waals surface area contributed by atoms with Crippen LogP contribution in [0.5, 0.6) is 11.5 Å². The monoisotopic (exact) mass is 437 g/mol. The number of fused-ring (bicyclic) bond motifs is 1. The smallest absolute Gasteiger partial charge is 0.204 e. The molecule has 0 aliphatic heterocycles. The number of unbranched alkanes of at least 4 members (excludes halogenated alkanes) is 3. The van der Waals surface area contributed by atoms with E-state index in [1.54, 1.807) is 6.07 Å². The Morgan fingerprint density at radius 3 is 2.31 bits per heavy atom. The van der Waals surface area contributed by atoms with Gasteiger partial charge in [0.2, 0.25) is 5.43 Å². The molecule has 0 spiro atoms. The normalized spacial score (nSPS) is 11.3. The van der Waals surface area contributed by atoms with E-state index in [-0.39, 0.29) is 16.6 Å². The SMILES string of the molecule is CCCCN(CCCC)CCCCOc1cc(O)c2c(=O)c(-c3ccccc3)coc2c1. The van der Waals surface area contributed by atoms with Crippen molar-refractivity contribution in [3.63, 3.8) is 0 Å². The molecule has 172 valence electrons. The fourth-order valence-corrected chi connectivity index (χ4v) is 3.83. The molecule has 3 rings (SSSR count). The van der Waals surface area contributed by atoms with Crippen molar-refractivity contribution in [2.75, 3.05) is 26.2 Å². The molecule has 0 bridgehead atoms. The van der Waals surface area contributed by atoms with Crippen LogP contribution in [0.4, 0.5) is 0 Å². The van der Waals surface area contributed by atoms with Crippen LogP contribution in [-0.4, -0.2) is 36.2 Å². The fourth-order valence-electron chi connectivity index (χ4n) is 3.83. The Morgan fingerprint density at radius 1 is 0.938 bits per heavy atom. The number of phenolic OH excluding ortho intramolecular Hbond substituents is 1. The van der Waals surface area contributed by atoms with Crippen molar-refractivity contribution in [3.8, 4) is 22.6 Å². The molecule has 32 heavy (non-hydrogen) atoms. The maximum Gasteiger partial charge on any atom is 0.204 e. The van der Waals surface area contributed by atoms with E-state index < -0.39 is 0 Å². The second-order valence-electron chi connectivity index (χ2n) is 8.26. The van der Waals surface area contributed by atoms with Crippen LogP contribution in [0.15, 0.2) is 57.9 Å². The third kappa shape index (κ3) is 6.36. The van der Waals surface area contributed by atoms with Crippen LogP contribution in [0.2, 0.25) is 0 Å². The Kier molecular flexibility index (Phi) is 9.17. The highest BCUT2D eigenvalue weighted by Gasteiger charge is 2.14. The van der Waals surface area contributed by atoms with Gasteiger partial charge in [-0.05, 0) is 50.9 Å². The van der Waals surface area contributed by atoms with Gasteiger partial charge in [-0.25, -0.2) is 0 Å². The summed E-state index contributed by atoms with van der Waals surface area (Å²) >= 11 is 0. The summed E-state index contributed by atoms with van der Waals surface area (Å²) in [5, 5.41) is 10.7. The molecule has 5 nitrogen and oxygen atoms in total. The third-order valence-electron chi connectivity index (χ3n) is 5.71. The lowest BCUT2D eigenvalue weighted by Gasteiger charge is -2.21. The second-order valence-corrected chi connectivity index (χ2v) is 8.26. The zero-order chi connectivity index (χ0) is 22.8.